The second-order valence-electron chi connectivity index (χ2n) is 3.11. The van der Waals surface area contributed by atoms with Crippen LogP contribution in [0.2, 0.25) is 0 Å². The molecular formula is C9H14N2O. The van der Waals surface area contributed by atoms with Gasteiger partial charge in [-0.15, -0.1) is 6.42 Å². The minimum absolute atomic E-state index is 0.0325. The Hall–Kier alpha value is -1.01. The third-order valence-corrected chi connectivity index (χ3v) is 1.76. The van der Waals surface area contributed by atoms with Gasteiger partial charge in [-0.25, -0.2) is 0 Å². The molecule has 1 rings (SSSR count). The van der Waals surface area contributed by atoms with Crippen LogP contribution in [0.25, 0.3) is 0 Å². The van der Waals surface area contributed by atoms with Gasteiger partial charge in [0.15, 0.2) is 0 Å². The summed E-state index contributed by atoms with van der Waals surface area (Å²) >= 11 is 0. The summed E-state index contributed by atoms with van der Waals surface area (Å²) in [5.74, 6) is 2.54. The molecule has 0 spiro atoms. The van der Waals surface area contributed by atoms with Crippen LogP contribution in [0.4, 0.5) is 0 Å². The van der Waals surface area contributed by atoms with Crippen molar-refractivity contribution in [2.75, 3.05) is 6.54 Å². The Morgan fingerprint density at radius 2 is 2.42 bits per heavy atom. The molecule has 3 nitrogen and oxygen atoms in total. The van der Waals surface area contributed by atoms with E-state index in [2.05, 4.69) is 16.6 Å². The number of amides is 1. The summed E-state index contributed by atoms with van der Waals surface area (Å²) in [5, 5.41) is 5.78. The third kappa shape index (κ3) is 3.40. The van der Waals surface area contributed by atoms with Gasteiger partial charge in [-0.3, -0.25) is 10.1 Å². The largest absolute Gasteiger partial charge is 0.352 e. The van der Waals surface area contributed by atoms with Gasteiger partial charge in [0.2, 0.25) is 5.91 Å². The lowest BCUT2D eigenvalue weighted by molar-refractivity contribution is -0.120. The molecule has 1 amide bonds. The van der Waals surface area contributed by atoms with Crippen LogP contribution >= 0.6 is 0 Å². The van der Waals surface area contributed by atoms with Gasteiger partial charge in [0, 0.05) is 6.04 Å². The summed E-state index contributed by atoms with van der Waals surface area (Å²) < 4.78 is 0. The van der Waals surface area contributed by atoms with Gasteiger partial charge in [0.05, 0.1) is 12.6 Å². The molecule has 0 aromatic rings. The summed E-state index contributed by atoms with van der Waals surface area (Å²) in [4.78, 5) is 11.1. The van der Waals surface area contributed by atoms with Crippen molar-refractivity contribution in [2.45, 2.75) is 31.8 Å². The monoisotopic (exact) mass is 166 g/mol. The fourth-order valence-corrected chi connectivity index (χ4v) is 0.811. The molecule has 0 aliphatic heterocycles. The average Bonchev–Trinajstić information content (AvgIpc) is 2.84. The molecule has 0 aromatic carbocycles. The fraction of sp³-hybridized carbons (Fsp3) is 0.667. The predicted octanol–water partition coefficient (Wildman–Crippen LogP) is -0.124. The van der Waals surface area contributed by atoms with Crippen molar-refractivity contribution in [2.24, 2.45) is 0 Å². The second-order valence-corrected chi connectivity index (χ2v) is 3.11. The van der Waals surface area contributed by atoms with Crippen molar-refractivity contribution in [3.63, 3.8) is 0 Å². The Labute approximate surface area is 72.9 Å². The minimum Gasteiger partial charge on any atom is -0.352 e. The van der Waals surface area contributed by atoms with E-state index in [0.717, 1.165) is 12.8 Å². The van der Waals surface area contributed by atoms with E-state index in [1.807, 2.05) is 6.92 Å². The van der Waals surface area contributed by atoms with Crippen molar-refractivity contribution in [1.29, 1.82) is 0 Å². The number of hydrogen-bond acceptors (Lipinski definition) is 2. The molecule has 0 aromatic heterocycles. The van der Waals surface area contributed by atoms with Crippen LogP contribution in [0.1, 0.15) is 19.8 Å². The quantitative estimate of drug-likeness (QED) is 0.571. The Balaban J connectivity index is 2.05. The minimum atomic E-state index is -0.0325. The molecule has 1 atom stereocenters. The number of hydrogen-bond donors (Lipinski definition) is 2. The van der Waals surface area contributed by atoms with E-state index in [0.29, 0.717) is 12.6 Å². The lowest BCUT2D eigenvalue weighted by Gasteiger charge is -2.06. The topological polar surface area (TPSA) is 41.1 Å². The standard InChI is InChI=1S/C9H14N2O/c1-3-7(2)10-6-9(12)11-8-4-5-8/h1,7-8,10H,4-6H2,2H3,(H,11,12). The summed E-state index contributed by atoms with van der Waals surface area (Å²) in [7, 11) is 0. The van der Waals surface area contributed by atoms with E-state index in [1.54, 1.807) is 0 Å². The Morgan fingerprint density at radius 1 is 1.75 bits per heavy atom. The van der Waals surface area contributed by atoms with E-state index in [-0.39, 0.29) is 11.9 Å². The van der Waals surface area contributed by atoms with E-state index >= 15 is 0 Å². The molecule has 0 saturated heterocycles. The van der Waals surface area contributed by atoms with Crippen molar-refractivity contribution >= 4 is 5.91 Å². The normalized spacial score (nSPS) is 18.0. The molecule has 1 saturated carbocycles. The van der Waals surface area contributed by atoms with E-state index < -0.39 is 0 Å². The zero-order valence-corrected chi connectivity index (χ0v) is 7.26. The highest BCUT2D eigenvalue weighted by molar-refractivity contribution is 5.78. The highest BCUT2D eigenvalue weighted by atomic mass is 16.2. The van der Waals surface area contributed by atoms with Crippen molar-refractivity contribution < 1.29 is 4.79 Å². The molecule has 2 N–H and O–H groups in total. The van der Waals surface area contributed by atoms with Crippen LogP contribution in [0.15, 0.2) is 0 Å². The molecule has 0 bridgehead atoms. The molecule has 1 unspecified atom stereocenters. The molecular weight excluding hydrogens is 152 g/mol. The molecule has 1 fully saturated rings. The number of carbonyl (C=O) groups excluding carboxylic acids is 1. The van der Waals surface area contributed by atoms with Gasteiger partial charge in [0.25, 0.3) is 0 Å². The Bertz CT molecular complexity index is 203. The first kappa shape index (κ1) is 9.08. The van der Waals surface area contributed by atoms with E-state index in [1.165, 1.54) is 0 Å². The molecule has 1 aliphatic carbocycles. The van der Waals surface area contributed by atoms with Crippen molar-refractivity contribution in [3.8, 4) is 12.3 Å². The Kier molecular flexibility index (Phi) is 3.12. The zero-order valence-electron chi connectivity index (χ0n) is 7.26. The first-order chi connectivity index (χ1) is 5.72. The van der Waals surface area contributed by atoms with Gasteiger partial charge < -0.3 is 5.32 Å². The van der Waals surface area contributed by atoms with Gasteiger partial charge in [-0.05, 0) is 19.8 Å². The fourth-order valence-electron chi connectivity index (χ4n) is 0.811. The second kappa shape index (κ2) is 4.13. The number of rotatable bonds is 4. The van der Waals surface area contributed by atoms with Crippen LogP contribution in [-0.4, -0.2) is 24.5 Å². The van der Waals surface area contributed by atoms with E-state index in [4.69, 9.17) is 6.42 Å². The summed E-state index contributed by atoms with van der Waals surface area (Å²) in [6, 6.07) is 0.399. The maximum absolute atomic E-state index is 11.1. The summed E-state index contributed by atoms with van der Waals surface area (Å²) in [6.07, 6.45) is 7.37. The van der Waals surface area contributed by atoms with Crippen LogP contribution in [-0.2, 0) is 4.79 Å². The lowest BCUT2D eigenvalue weighted by atomic mass is 10.3. The summed E-state index contributed by atoms with van der Waals surface area (Å²) in [5.41, 5.74) is 0. The van der Waals surface area contributed by atoms with Gasteiger partial charge in [0.1, 0.15) is 0 Å². The van der Waals surface area contributed by atoms with Crippen LogP contribution < -0.4 is 10.6 Å². The maximum Gasteiger partial charge on any atom is 0.234 e. The van der Waals surface area contributed by atoms with Crippen LogP contribution in [0.3, 0.4) is 0 Å². The van der Waals surface area contributed by atoms with Gasteiger partial charge >= 0.3 is 0 Å². The molecule has 0 heterocycles. The number of carbonyl (C=O) groups is 1. The van der Waals surface area contributed by atoms with Crippen LogP contribution in [0.5, 0.6) is 0 Å². The molecule has 1 aliphatic rings. The predicted molar refractivity (Wildman–Crippen MR) is 47.5 cm³/mol. The Morgan fingerprint density at radius 3 is 2.92 bits per heavy atom. The third-order valence-electron chi connectivity index (χ3n) is 1.76. The van der Waals surface area contributed by atoms with Crippen molar-refractivity contribution in [3.05, 3.63) is 0 Å². The highest BCUT2D eigenvalue weighted by Crippen LogP contribution is 2.18. The van der Waals surface area contributed by atoms with Crippen molar-refractivity contribution in [1.82, 2.24) is 10.6 Å². The SMILES string of the molecule is C#CC(C)NCC(=O)NC1CC1. The zero-order chi connectivity index (χ0) is 8.97. The number of nitrogens with one attached hydrogen (secondary N) is 2. The average molecular weight is 166 g/mol. The van der Waals surface area contributed by atoms with E-state index in [9.17, 15) is 4.79 Å². The maximum atomic E-state index is 11.1. The smallest absolute Gasteiger partial charge is 0.234 e. The molecule has 66 valence electrons. The van der Waals surface area contributed by atoms with Gasteiger partial charge in [-0.2, -0.15) is 0 Å². The summed E-state index contributed by atoms with van der Waals surface area (Å²) in [6.45, 7) is 2.17. The molecule has 3 heteroatoms. The highest BCUT2D eigenvalue weighted by Gasteiger charge is 2.22. The van der Waals surface area contributed by atoms with Gasteiger partial charge in [-0.1, -0.05) is 5.92 Å². The lowest BCUT2D eigenvalue weighted by Crippen LogP contribution is -2.38. The van der Waals surface area contributed by atoms with Crippen LogP contribution in [0, 0.1) is 12.3 Å². The number of terminal acetylenes is 1. The first-order valence-electron chi connectivity index (χ1n) is 4.21. The molecule has 0 radical (unpaired) electrons. The molecule has 12 heavy (non-hydrogen) atoms. The first-order valence-corrected chi connectivity index (χ1v) is 4.21.